The van der Waals surface area contributed by atoms with Gasteiger partial charge in [-0.05, 0) is 25.5 Å². The number of aliphatic carboxylic acids is 1. The number of imidazole rings is 1. The lowest BCUT2D eigenvalue weighted by molar-refractivity contribution is -0.138. The molecule has 34 heavy (non-hydrogen) atoms. The molecule has 0 saturated carbocycles. The Morgan fingerprint density at radius 2 is 2.12 bits per heavy atom. The van der Waals surface area contributed by atoms with Crippen LogP contribution in [0.3, 0.4) is 0 Å². The van der Waals surface area contributed by atoms with Crippen molar-refractivity contribution in [2.45, 2.75) is 25.4 Å². The molecule has 0 radical (unpaired) electrons. The Labute approximate surface area is 204 Å². The zero-order chi connectivity index (χ0) is 24.5. The Morgan fingerprint density at radius 3 is 2.85 bits per heavy atom. The van der Waals surface area contributed by atoms with Gasteiger partial charge in [0.2, 0.25) is 5.95 Å². The summed E-state index contributed by atoms with van der Waals surface area (Å²) in [6, 6.07) is 5.09. The van der Waals surface area contributed by atoms with Crippen molar-refractivity contribution < 1.29 is 23.5 Å². The Morgan fingerprint density at radius 1 is 1.35 bits per heavy atom. The fraction of sp³-hybridized carbons (Fsp3) is 0.300. The highest BCUT2D eigenvalue weighted by atomic mass is 35.5. The van der Waals surface area contributed by atoms with Gasteiger partial charge < -0.3 is 19.9 Å². The highest BCUT2D eigenvalue weighted by Crippen LogP contribution is 2.47. The number of nitrogens with zero attached hydrogens (tertiary/aromatic N) is 4. The molecule has 3 aromatic rings. The van der Waals surface area contributed by atoms with Gasteiger partial charge in [-0.15, -0.1) is 0 Å². The summed E-state index contributed by atoms with van der Waals surface area (Å²) >= 11 is 12.2. The van der Waals surface area contributed by atoms with E-state index in [-0.39, 0.29) is 40.4 Å². The molecule has 2 aromatic heterocycles. The normalized spacial score (nSPS) is 20.3. The number of allylic oxidation sites excluding steroid dienone is 1. The molecule has 1 aromatic carbocycles. The average molecular weight is 527 g/mol. The summed E-state index contributed by atoms with van der Waals surface area (Å²) in [7, 11) is -4.09. The van der Waals surface area contributed by atoms with Crippen LogP contribution in [0.1, 0.15) is 19.4 Å². The minimum atomic E-state index is -4.09. The molecule has 0 saturated heterocycles. The van der Waals surface area contributed by atoms with Crippen LogP contribution in [0.15, 0.2) is 42.7 Å². The number of nitrogen functional groups attached to an aromatic ring is 1. The van der Waals surface area contributed by atoms with E-state index >= 15 is 0 Å². The lowest BCUT2D eigenvalue weighted by Crippen LogP contribution is -2.33. The number of rotatable bonds is 9. The van der Waals surface area contributed by atoms with Crippen LogP contribution in [0, 0.1) is 5.92 Å². The molecular weight excluding hydrogens is 506 g/mol. The van der Waals surface area contributed by atoms with E-state index < -0.39 is 19.8 Å². The first-order chi connectivity index (χ1) is 16.1. The van der Waals surface area contributed by atoms with E-state index in [1.807, 2.05) is 16.7 Å². The molecule has 1 aliphatic carbocycles. The number of fused-ring (bicyclic) bond motifs is 1. The van der Waals surface area contributed by atoms with E-state index in [9.17, 15) is 14.5 Å². The van der Waals surface area contributed by atoms with E-state index in [0.29, 0.717) is 17.6 Å². The van der Waals surface area contributed by atoms with Crippen molar-refractivity contribution in [3.63, 3.8) is 0 Å². The highest BCUT2D eigenvalue weighted by Gasteiger charge is 2.34. The van der Waals surface area contributed by atoms with E-state index in [2.05, 4.69) is 20.0 Å². The van der Waals surface area contributed by atoms with Crippen molar-refractivity contribution in [1.82, 2.24) is 24.6 Å². The predicted molar refractivity (Wildman–Crippen MR) is 127 cm³/mol. The number of nitrogens with one attached hydrogen (secondary N) is 1. The molecular formula is C20H21Cl2N6O5P. The van der Waals surface area contributed by atoms with Crippen LogP contribution < -0.4 is 15.3 Å². The zero-order valence-corrected chi connectivity index (χ0v) is 20.2. The van der Waals surface area contributed by atoms with Gasteiger partial charge in [-0.25, -0.2) is 9.55 Å². The minimum absolute atomic E-state index is 0.00141. The molecule has 0 fully saturated rings. The van der Waals surface area contributed by atoms with E-state index in [0.717, 1.165) is 0 Å². The largest absolute Gasteiger partial charge is 0.480 e. The third kappa shape index (κ3) is 5.34. The van der Waals surface area contributed by atoms with Crippen molar-refractivity contribution in [3.05, 3.63) is 52.9 Å². The summed E-state index contributed by atoms with van der Waals surface area (Å²) in [5.41, 5.74) is 6.66. The molecule has 1 aliphatic rings. The Balaban J connectivity index is 1.47. The molecule has 4 rings (SSSR count). The third-order valence-corrected chi connectivity index (χ3v) is 7.34. The van der Waals surface area contributed by atoms with Gasteiger partial charge in [0.1, 0.15) is 17.3 Å². The van der Waals surface area contributed by atoms with Gasteiger partial charge in [0, 0.05) is 5.92 Å². The number of carboxylic acid groups (broad SMARTS) is 1. The molecule has 180 valence electrons. The van der Waals surface area contributed by atoms with Crippen molar-refractivity contribution in [2.24, 2.45) is 5.92 Å². The van der Waals surface area contributed by atoms with Crippen LogP contribution in [0.25, 0.3) is 11.2 Å². The smallest absolute Gasteiger partial charge is 0.459 e. The maximum Gasteiger partial charge on any atom is 0.459 e. The quantitative estimate of drug-likeness (QED) is 0.211. The Bertz CT molecular complexity index is 1300. The first kappa shape index (κ1) is 24.4. The van der Waals surface area contributed by atoms with E-state index in [1.54, 1.807) is 24.5 Å². The maximum absolute atomic E-state index is 13.4. The number of hydrogen-bond acceptors (Lipinski definition) is 8. The van der Waals surface area contributed by atoms with Gasteiger partial charge in [-0.2, -0.15) is 15.1 Å². The number of carboxylic acids is 1. The van der Waals surface area contributed by atoms with Crippen molar-refractivity contribution >= 4 is 54.0 Å². The highest BCUT2D eigenvalue weighted by molar-refractivity contribution is 7.52. The van der Waals surface area contributed by atoms with Crippen LogP contribution in [0.2, 0.25) is 10.2 Å². The summed E-state index contributed by atoms with van der Waals surface area (Å²) in [5.74, 6) is -1.21. The molecule has 0 spiro atoms. The number of halogens is 2. The Hall–Kier alpha value is -2.69. The second-order valence-corrected chi connectivity index (χ2v) is 10.1. The summed E-state index contributed by atoms with van der Waals surface area (Å²) in [6.07, 6.45) is 6.02. The van der Waals surface area contributed by atoms with Crippen molar-refractivity contribution in [2.75, 3.05) is 12.3 Å². The number of nitrogens with two attached hydrogens (primary N) is 1. The number of hydrogen-bond donors (Lipinski definition) is 3. The minimum Gasteiger partial charge on any atom is -0.480 e. The molecule has 0 bridgehead atoms. The molecule has 11 nitrogen and oxygen atoms in total. The first-order valence-electron chi connectivity index (χ1n) is 10.2. The van der Waals surface area contributed by atoms with E-state index in [1.165, 1.54) is 13.0 Å². The summed E-state index contributed by atoms with van der Waals surface area (Å²) in [5, 5.41) is 12.1. The average Bonchev–Trinajstić information content (AvgIpc) is 3.41. The fourth-order valence-corrected chi connectivity index (χ4v) is 5.47. The summed E-state index contributed by atoms with van der Waals surface area (Å²) < 4.78 is 26.4. The van der Waals surface area contributed by atoms with Crippen LogP contribution >= 0.6 is 30.9 Å². The third-order valence-electron chi connectivity index (χ3n) is 5.14. The first-order valence-corrected chi connectivity index (χ1v) is 12.5. The summed E-state index contributed by atoms with van der Waals surface area (Å²) in [4.78, 5) is 23.7. The van der Waals surface area contributed by atoms with E-state index in [4.69, 9.17) is 38.0 Å². The number of anilines is 1. The fourth-order valence-electron chi connectivity index (χ4n) is 3.45. The van der Waals surface area contributed by atoms with Crippen LogP contribution in [0.5, 0.6) is 5.75 Å². The molecule has 4 atom stereocenters. The lowest BCUT2D eigenvalue weighted by atomic mass is 10.1. The van der Waals surface area contributed by atoms with Gasteiger partial charge in [0.25, 0.3) is 0 Å². The van der Waals surface area contributed by atoms with Gasteiger partial charge in [-0.1, -0.05) is 47.5 Å². The SMILES string of the molecule is C[C@H](NP(=O)(OC[C@@H]1C=C[C@H](n2cnc3c(Cl)nc(N)nc32)C1)Oc1ccccc1Cl)C(=O)O. The zero-order valence-electron chi connectivity index (χ0n) is 17.8. The number of benzene rings is 1. The van der Waals surface area contributed by atoms with Crippen molar-refractivity contribution in [1.29, 1.82) is 0 Å². The van der Waals surface area contributed by atoms with Gasteiger partial charge >= 0.3 is 13.7 Å². The van der Waals surface area contributed by atoms with Crippen LogP contribution in [-0.2, 0) is 13.9 Å². The monoisotopic (exact) mass is 526 g/mol. The van der Waals surface area contributed by atoms with Gasteiger partial charge in [-0.3, -0.25) is 9.32 Å². The second kappa shape index (κ2) is 9.89. The van der Waals surface area contributed by atoms with Crippen LogP contribution in [-0.4, -0.2) is 43.2 Å². The maximum atomic E-state index is 13.4. The van der Waals surface area contributed by atoms with Crippen molar-refractivity contribution in [3.8, 4) is 5.75 Å². The molecule has 0 aliphatic heterocycles. The molecule has 1 unspecified atom stereocenters. The number of aromatic nitrogens is 4. The molecule has 4 N–H and O–H groups in total. The summed E-state index contributed by atoms with van der Waals surface area (Å²) in [6.45, 7) is 1.33. The van der Waals surface area contributed by atoms with Gasteiger partial charge in [0.15, 0.2) is 10.8 Å². The molecule has 2 heterocycles. The van der Waals surface area contributed by atoms with Crippen LogP contribution in [0.4, 0.5) is 5.95 Å². The molecule has 0 amide bonds. The number of para-hydroxylation sites is 1. The Kier molecular flexibility index (Phi) is 7.11. The topological polar surface area (TPSA) is 154 Å². The second-order valence-electron chi connectivity index (χ2n) is 7.65. The van der Waals surface area contributed by atoms with Gasteiger partial charge in [0.05, 0.1) is 24.0 Å². The number of carbonyl (C=O) groups is 1. The molecule has 14 heteroatoms. The predicted octanol–water partition coefficient (Wildman–Crippen LogP) is 4.10. The standard InChI is InChI=1S/C20H21Cl2N6O5P/c1-11(19(29)30)27-34(31,33-15-5-3-2-4-14(15)21)32-9-12-6-7-13(8-12)28-10-24-16-17(22)25-20(23)26-18(16)28/h2-7,10-13H,8-9H2,1H3,(H,27,31)(H,29,30)(H2,23,25,26)/t11-,12+,13-,34?/m0/s1. The lowest BCUT2D eigenvalue weighted by Gasteiger charge is -2.23.